The minimum Gasteiger partial charge on any atom is -0.339 e. The molecule has 2 aromatic carbocycles. The van der Waals surface area contributed by atoms with Gasteiger partial charge in [-0.15, -0.1) is 0 Å². The van der Waals surface area contributed by atoms with Crippen molar-refractivity contribution < 1.29 is 14.2 Å². The normalized spacial score (nSPS) is 15.5. The summed E-state index contributed by atoms with van der Waals surface area (Å²) in [6, 6.07) is 16.1. The zero-order valence-electron chi connectivity index (χ0n) is 18.7. The molecule has 3 heterocycles. The molecular formula is C24H24N6O4. The summed E-state index contributed by atoms with van der Waals surface area (Å²) in [5, 5.41) is 15.8. The van der Waals surface area contributed by atoms with Crippen molar-refractivity contribution in [3.63, 3.8) is 0 Å². The number of non-ortho nitro benzene ring substituents is 1. The Balaban J connectivity index is 1.19. The topological polar surface area (TPSA) is 111 Å². The maximum Gasteiger partial charge on any atom is 0.270 e. The molecular weight excluding hydrogens is 436 g/mol. The number of benzene rings is 2. The van der Waals surface area contributed by atoms with E-state index in [0.717, 1.165) is 16.5 Å². The lowest BCUT2D eigenvalue weighted by Crippen LogP contribution is -2.50. The van der Waals surface area contributed by atoms with Crippen molar-refractivity contribution in [3.05, 3.63) is 76.8 Å². The van der Waals surface area contributed by atoms with Crippen molar-refractivity contribution in [1.29, 1.82) is 0 Å². The first-order valence-electron chi connectivity index (χ1n) is 11.1. The average Bonchev–Trinajstić information content (AvgIpc) is 3.52. The number of aromatic nitrogens is 3. The van der Waals surface area contributed by atoms with E-state index in [2.05, 4.69) is 15.0 Å². The van der Waals surface area contributed by atoms with Crippen LogP contribution >= 0.6 is 0 Å². The molecule has 0 bridgehead atoms. The third kappa shape index (κ3) is 4.27. The minimum atomic E-state index is -0.417. The molecule has 5 rings (SSSR count). The molecule has 1 saturated heterocycles. The fraction of sp³-hybridized carbons (Fsp3) is 0.292. The number of amides is 1. The quantitative estimate of drug-likeness (QED) is 0.320. The largest absolute Gasteiger partial charge is 0.339 e. The molecule has 1 aliphatic heterocycles. The molecule has 1 amide bonds. The van der Waals surface area contributed by atoms with Gasteiger partial charge in [-0.05, 0) is 19.1 Å². The van der Waals surface area contributed by atoms with E-state index in [1.165, 1.54) is 12.1 Å². The summed E-state index contributed by atoms with van der Waals surface area (Å²) < 4.78 is 7.35. The van der Waals surface area contributed by atoms with Crippen molar-refractivity contribution in [2.24, 2.45) is 0 Å². The van der Waals surface area contributed by atoms with Crippen molar-refractivity contribution in [2.75, 3.05) is 26.2 Å². The van der Waals surface area contributed by atoms with Gasteiger partial charge in [-0.2, -0.15) is 4.98 Å². The van der Waals surface area contributed by atoms with E-state index in [4.69, 9.17) is 4.52 Å². The summed E-state index contributed by atoms with van der Waals surface area (Å²) in [5.41, 5.74) is 1.75. The molecule has 1 aliphatic rings. The molecule has 174 valence electrons. The Hall–Kier alpha value is -4.05. The number of hydrogen-bond donors (Lipinski definition) is 0. The van der Waals surface area contributed by atoms with Crippen LogP contribution in [0.4, 0.5) is 5.69 Å². The lowest BCUT2D eigenvalue weighted by molar-refractivity contribution is -0.384. The van der Waals surface area contributed by atoms with Gasteiger partial charge in [0.25, 0.3) is 5.69 Å². The highest BCUT2D eigenvalue weighted by molar-refractivity contribution is 5.85. The van der Waals surface area contributed by atoms with Gasteiger partial charge in [0.05, 0.1) is 11.0 Å². The van der Waals surface area contributed by atoms with Gasteiger partial charge in [0.2, 0.25) is 17.6 Å². The maximum atomic E-state index is 12.9. The van der Waals surface area contributed by atoms with Crippen LogP contribution < -0.4 is 0 Å². The van der Waals surface area contributed by atoms with Crippen molar-refractivity contribution in [3.8, 4) is 11.4 Å². The van der Waals surface area contributed by atoms with Crippen LogP contribution in [-0.2, 0) is 11.3 Å². The number of carbonyl (C=O) groups is 1. The van der Waals surface area contributed by atoms with Crippen LogP contribution in [-0.4, -0.2) is 61.5 Å². The van der Waals surface area contributed by atoms with Gasteiger partial charge in [-0.3, -0.25) is 19.8 Å². The van der Waals surface area contributed by atoms with E-state index in [0.29, 0.717) is 37.9 Å². The van der Waals surface area contributed by atoms with Gasteiger partial charge < -0.3 is 14.0 Å². The number of rotatable bonds is 6. The minimum absolute atomic E-state index is 0.0207. The Kier molecular flexibility index (Phi) is 5.81. The van der Waals surface area contributed by atoms with Crippen LogP contribution in [0.3, 0.4) is 0 Å². The molecule has 10 heteroatoms. The van der Waals surface area contributed by atoms with Crippen LogP contribution in [0.5, 0.6) is 0 Å². The van der Waals surface area contributed by atoms with Gasteiger partial charge in [0.1, 0.15) is 6.54 Å². The van der Waals surface area contributed by atoms with Gasteiger partial charge >= 0.3 is 0 Å². The Morgan fingerprint density at radius 3 is 2.62 bits per heavy atom. The highest BCUT2D eigenvalue weighted by Crippen LogP contribution is 2.24. The van der Waals surface area contributed by atoms with Gasteiger partial charge in [-0.25, -0.2) is 0 Å². The predicted molar refractivity (Wildman–Crippen MR) is 125 cm³/mol. The van der Waals surface area contributed by atoms with Gasteiger partial charge in [0, 0.05) is 61.0 Å². The van der Waals surface area contributed by atoms with E-state index in [-0.39, 0.29) is 24.2 Å². The van der Waals surface area contributed by atoms with Crippen LogP contribution in [0, 0.1) is 10.1 Å². The number of nitrogens with zero attached hydrogens (tertiary/aromatic N) is 6. The maximum absolute atomic E-state index is 12.9. The van der Waals surface area contributed by atoms with Gasteiger partial charge in [0.15, 0.2) is 0 Å². The number of nitro benzene ring substituents is 1. The van der Waals surface area contributed by atoms with E-state index in [1.807, 2.05) is 46.7 Å². The first-order chi connectivity index (χ1) is 16.5. The zero-order chi connectivity index (χ0) is 23.7. The Bertz CT molecular complexity index is 1320. The lowest BCUT2D eigenvalue weighted by atomic mass is 10.2. The van der Waals surface area contributed by atoms with Crippen molar-refractivity contribution in [2.45, 2.75) is 19.5 Å². The standard InChI is InChI=1S/C24H24N6O4/c1-17(24-25-23(26-34-24)18-5-3-2-4-6-18)27-11-13-28(14-12-27)22(31)16-29-10-9-19-15-20(30(32)33)7-8-21(19)29/h2-10,15,17H,11-14,16H2,1H3. The molecule has 0 radical (unpaired) electrons. The first kappa shape index (κ1) is 21.8. The molecule has 2 aromatic heterocycles. The van der Waals surface area contributed by atoms with E-state index >= 15 is 0 Å². The number of piperazine rings is 1. The summed E-state index contributed by atoms with van der Waals surface area (Å²) in [6.45, 7) is 4.84. The highest BCUT2D eigenvalue weighted by atomic mass is 16.6. The smallest absolute Gasteiger partial charge is 0.270 e. The Morgan fingerprint density at radius 1 is 1.12 bits per heavy atom. The van der Waals surface area contributed by atoms with E-state index < -0.39 is 4.92 Å². The summed E-state index contributed by atoms with van der Waals surface area (Å²) >= 11 is 0. The van der Waals surface area contributed by atoms with Crippen LogP contribution in [0.15, 0.2) is 65.3 Å². The number of hydrogen-bond acceptors (Lipinski definition) is 7. The van der Waals surface area contributed by atoms with E-state index in [9.17, 15) is 14.9 Å². The van der Waals surface area contributed by atoms with E-state index in [1.54, 1.807) is 18.3 Å². The molecule has 1 unspecified atom stereocenters. The van der Waals surface area contributed by atoms with Crippen LogP contribution in [0.25, 0.3) is 22.3 Å². The summed E-state index contributed by atoms with van der Waals surface area (Å²) in [6.07, 6.45) is 1.80. The van der Waals surface area contributed by atoms with Gasteiger partial charge in [-0.1, -0.05) is 35.5 Å². The molecule has 1 fully saturated rings. The average molecular weight is 460 g/mol. The summed E-state index contributed by atoms with van der Waals surface area (Å²) in [5.74, 6) is 1.15. The number of carbonyl (C=O) groups excluding carboxylic acids is 1. The second-order valence-corrected chi connectivity index (χ2v) is 8.36. The SMILES string of the molecule is CC(c1nc(-c2ccccc2)no1)N1CCN(C(=O)Cn2ccc3cc([N+](=O)[O-])ccc32)CC1. The number of nitro groups is 1. The Morgan fingerprint density at radius 2 is 1.88 bits per heavy atom. The molecule has 10 nitrogen and oxygen atoms in total. The number of fused-ring (bicyclic) bond motifs is 1. The molecule has 4 aromatic rings. The first-order valence-corrected chi connectivity index (χ1v) is 11.1. The summed E-state index contributed by atoms with van der Waals surface area (Å²) in [4.78, 5) is 32.1. The second-order valence-electron chi connectivity index (χ2n) is 8.36. The lowest BCUT2D eigenvalue weighted by Gasteiger charge is -2.36. The molecule has 0 saturated carbocycles. The third-order valence-corrected chi connectivity index (χ3v) is 6.32. The second kappa shape index (κ2) is 9.06. The fourth-order valence-corrected chi connectivity index (χ4v) is 4.31. The fourth-order valence-electron chi connectivity index (χ4n) is 4.31. The Labute approximate surface area is 195 Å². The highest BCUT2D eigenvalue weighted by Gasteiger charge is 2.28. The molecule has 1 atom stereocenters. The van der Waals surface area contributed by atoms with Crippen molar-refractivity contribution in [1.82, 2.24) is 24.5 Å². The third-order valence-electron chi connectivity index (χ3n) is 6.32. The van der Waals surface area contributed by atoms with Crippen LogP contribution in [0.2, 0.25) is 0 Å². The summed E-state index contributed by atoms with van der Waals surface area (Å²) in [7, 11) is 0. The van der Waals surface area contributed by atoms with Crippen molar-refractivity contribution >= 4 is 22.5 Å². The molecule has 34 heavy (non-hydrogen) atoms. The predicted octanol–water partition coefficient (Wildman–Crippen LogP) is 3.50. The monoisotopic (exact) mass is 460 g/mol. The molecule has 0 spiro atoms. The zero-order valence-corrected chi connectivity index (χ0v) is 18.7. The molecule has 0 aliphatic carbocycles. The van der Waals surface area contributed by atoms with Crippen LogP contribution in [0.1, 0.15) is 18.9 Å². The molecule has 0 N–H and O–H groups in total.